The molecule has 0 atom stereocenters. The molecule has 1 aliphatic heterocycles. The van der Waals surface area contributed by atoms with Crippen LogP contribution in [0.4, 0.5) is 0 Å². The Bertz CT molecular complexity index is 369. The van der Waals surface area contributed by atoms with Crippen molar-refractivity contribution in [1.29, 1.82) is 0 Å². The van der Waals surface area contributed by atoms with Gasteiger partial charge < -0.3 is 4.90 Å². The van der Waals surface area contributed by atoms with E-state index in [1.54, 1.807) is 0 Å². The van der Waals surface area contributed by atoms with Gasteiger partial charge in [0.25, 0.3) is 0 Å². The van der Waals surface area contributed by atoms with Crippen LogP contribution in [0.15, 0.2) is 24.3 Å². The van der Waals surface area contributed by atoms with Crippen LogP contribution in [0.25, 0.3) is 0 Å². The van der Waals surface area contributed by atoms with E-state index in [1.165, 1.54) is 11.1 Å². The minimum Gasteiger partial charge on any atom is -0.344 e. The second-order valence-corrected chi connectivity index (χ2v) is 5.63. The van der Waals surface area contributed by atoms with Gasteiger partial charge in [-0.3, -0.25) is 4.79 Å². The quantitative estimate of drug-likeness (QED) is 0.697. The van der Waals surface area contributed by atoms with Crippen molar-refractivity contribution in [1.82, 2.24) is 4.90 Å². The van der Waals surface area contributed by atoms with E-state index in [1.807, 2.05) is 4.90 Å². The summed E-state index contributed by atoms with van der Waals surface area (Å²) in [5.74, 6) is 0.541. The number of nitrogens with zero attached hydrogens (tertiary/aromatic N) is 1. The van der Waals surface area contributed by atoms with Gasteiger partial charge in [0.15, 0.2) is 0 Å². The van der Waals surface area contributed by atoms with Gasteiger partial charge in [-0.15, -0.1) is 0 Å². The summed E-state index contributed by atoms with van der Waals surface area (Å²) in [6, 6.07) is 8.82. The van der Waals surface area contributed by atoms with E-state index in [0.29, 0.717) is 5.92 Å². The van der Waals surface area contributed by atoms with E-state index in [9.17, 15) is 4.79 Å². The van der Waals surface area contributed by atoms with Crippen LogP contribution in [-0.2, 0) is 10.2 Å². The highest BCUT2D eigenvalue weighted by atomic mass is 16.1. The number of amides is 1. The second-order valence-electron chi connectivity index (χ2n) is 5.63. The zero-order chi connectivity index (χ0) is 11.8. The van der Waals surface area contributed by atoms with E-state index in [4.69, 9.17) is 0 Å². The van der Waals surface area contributed by atoms with Crippen molar-refractivity contribution in [3.63, 3.8) is 0 Å². The third kappa shape index (κ3) is 2.11. The van der Waals surface area contributed by atoms with Crippen LogP contribution in [0.3, 0.4) is 0 Å². The third-order valence-corrected chi connectivity index (χ3v) is 3.31. The smallest absolute Gasteiger partial charge is 0.209 e. The molecule has 2 heteroatoms. The first-order chi connectivity index (χ1) is 7.50. The topological polar surface area (TPSA) is 20.3 Å². The maximum Gasteiger partial charge on any atom is 0.209 e. The molecular weight excluding hydrogens is 198 g/mol. The first-order valence-corrected chi connectivity index (χ1v) is 5.80. The highest BCUT2D eigenvalue weighted by Gasteiger charge is 2.26. The van der Waals surface area contributed by atoms with E-state index in [0.717, 1.165) is 19.5 Å². The van der Waals surface area contributed by atoms with Crippen LogP contribution >= 0.6 is 0 Å². The van der Waals surface area contributed by atoms with Gasteiger partial charge in [-0.25, -0.2) is 0 Å². The average molecular weight is 217 g/mol. The van der Waals surface area contributed by atoms with Crippen LogP contribution in [0, 0.1) is 0 Å². The Morgan fingerprint density at radius 2 is 1.75 bits per heavy atom. The van der Waals surface area contributed by atoms with Gasteiger partial charge in [-0.1, -0.05) is 45.0 Å². The molecule has 0 N–H and O–H groups in total. The average Bonchev–Trinajstić information content (AvgIpc) is 2.15. The summed E-state index contributed by atoms with van der Waals surface area (Å²) in [5.41, 5.74) is 2.93. The molecule has 1 heterocycles. The van der Waals surface area contributed by atoms with Crippen molar-refractivity contribution in [2.24, 2.45) is 0 Å². The lowest BCUT2D eigenvalue weighted by molar-refractivity contribution is -0.122. The first kappa shape index (κ1) is 11.2. The number of hydrogen-bond acceptors (Lipinski definition) is 1. The van der Waals surface area contributed by atoms with E-state index in [-0.39, 0.29) is 5.41 Å². The molecule has 0 aromatic heterocycles. The minimum atomic E-state index is 0.215. The second kappa shape index (κ2) is 3.93. The number of benzene rings is 1. The molecule has 0 aliphatic carbocycles. The molecule has 1 fully saturated rings. The van der Waals surface area contributed by atoms with Gasteiger partial charge in [-0.05, 0) is 16.5 Å². The maximum atomic E-state index is 10.5. The Hall–Kier alpha value is -1.31. The lowest BCUT2D eigenvalue weighted by Crippen LogP contribution is -2.43. The first-order valence-electron chi connectivity index (χ1n) is 5.80. The number of carbonyl (C=O) groups is 1. The molecule has 0 spiro atoms. The SMILES string of the molecule is CC(C)(C)c1ccc(C2CN(C=O)C2)cc1. The van der Waals surface area contributed by atoms with E-state index < -0.39 is 0 Å². The lowest BCUT2D eigenvalue weighted by atomic mass is 9.84. The van der Waals surface area contributed by atoms with E-state index >= 15 is 0 Å². The Morgan fingerprint density at radius 1 is 1.19 bits per heavy atom. The fourth-order valence-corrected chi connectivity index (χ4v) is 2.06. The molecule has 86 valence electrons. The summed E-state index contributed by atoms with van der Waals surface area (Å²) < 4.78 is 0. The summed E-state index contributed by atoms with van der Waals surface area (Å²) in [4.78, 5) is 12.3. The Morgan fingerprint density at radius 3 is 2.19 bits per heavy atom. The molecule has 0 unspecified atom stereocenters. The molecule has 2 nitrogen and oxygen atoms in total. The lowest BCUT2D eigenvalue weighted by Gasteiger charge is -2.36. The Balaban J connectivity index is 2.06. The highest BCUT2D eigenvalue weighted by molar-refractivity contribution is 5.50. The number of hydrogen-bond donors (Lipinski definition) is 0. The highest BCUT2D eigenvalue weighted by Crippen LogP contribution is 2.28. The fourth-order valence-electron chi connectivity index (χ4n) is 2.06. The van der Waals surface area contributed by atoms with Gasteiger partial charge in [0, 0.05) is 19.0 Å². The number of rotatable bonds is 2. The largest absolute Gasteiger partial charge is 0.344 e. The third-order valence-electron chi connectivity index (χ3n) is 3.31. The number of carbonyl (C=O) groups excluding carboxylic acids is 1. The van der Waals surface area contributed by atoms with Gasteiger partial charge >= 0.3 is 0 Å². The molecule has 0 radical (unpaired) electrons. The zero-order valence-corrected chi connectivity index (χ0v) is 10.2. The predicted molar refractivity (Wildman–Crippen MR) is 65.5 cm³/mol. The molecule has 2 rings (SSSR count). The predicted octanol–water partition coefficient (Wildman–Crippen LogP) is 2.54. The molecule has 1 saturated heterocycles. The molecule has 1 amide bonds. The Labute approximate surface area is 97.3 Å². The van der Waals surface area contributed by atoms with Crippen LogP contribution in [0.5, 0.6) is 0 Å². The standard InChI is InChI=1S/C14H19NO/c1-14(2,3)13-6-4-11(5-7-13)12-8-15(9-12)10-16/h4-7,10,12H,8-9H2,1-3H3. The van der Waals surface area contributed by atoms with Gasteiger partial charge in [-0.2, -0.15) is 0 Å². The minimum absolute atomic E-state index is 0.215. The normalized spacial score (nSPS) is 17.1. The molecule has 1 aliphatic rings. The van der Waals surface area contributed by atoms with Crippen molar-refractivity contribution in [2.45, 2.75) is 32.1 Å². The van der Waals surface area contributed by atoms with Crippen molar-refractivity contribution < 1.29 is 4.79 Å². The monoisotopic (exact) mass is 217 g/mol. The van der Waals surface area contributed by atoms with Crippen LogP contribution < -0.4 is 0 Å². The van der Waals surface area contributed by atoms with Crippen molar-refractivity contribution in [3.8, 4) is 0 Å². The van der Waals surface area contributed by atoms with Crippen molar-refractivity contribution in [3.05, 3.63) is 35.4 Å². The molecule has 0 bridgehead atoms. The van der Waals surface area contributed by atoms with Crippen LogP contribution in [0.2, 0.25) is 0 Å². The summed E-state index contributed by atoms with van der Waals surface area (Å²) in [5, 5.41) is 0. The summed E-state index contributed by atoms with van der Waals surface area (Å²) in [7, 11) is 0. The Kier molecular flexibility index (Phi) is 2.75. The fraction of sp³-hybridized carbons (Fsp3) is 0.500. The number of likely N-dealkylation sites (tertiary alicyclic amines) is 1. The summed E-state index contributed by atoms with van der Waals surface area (Å²) >= 11 is 0. The maximum absolute atomic E-state index is 10.5. The molecule has 1 aromatic rings. The van der Waals surface area contributed by atoms with Crippen molar-refractivity contribution >= 4 is 6.41 Å². The zero-order valence-electron chi connectivity index (χ0n) is 10.2. The van der Waals surface area contributed by atoms with Crippen LogP contribution in [0.1, 0.15) is 37.8 Å². The molecule has 0 saturated carbocycles. The summed E-state index contributed by atoms with van der Waals surface area (Å²) in [6.07, 6.45) is 0.931. The van der Waals surface area contributed by atoms with Gasteiger partial charge in [0.1, 0.15) is 0 Å². The van der Waals surface area contributed by atoms with Gasteiger partial charge in [0.2, 0.25) is 6.41 Å². The molecular formula is C14H19NO. The van der Waals surface area contributed by atoms with Crippen LogP contribution in [-0.4, -0.2) is 24.4 Å². The van der Waals surface area contributed by atoms with Gasteiger partial charge in [0.05, 0.1) is 0 Å². The molecule has 1 aromatic carbocycles. The van der Waals surface area contributed by atoms with Crippen molar-refractivity contribution in [2.75, 3.05) is 13.1 Å². The molecule has 16 heavy (non-hydrogen) atoms. The van der Waals surface area contributed by atoms with E-state index in [2.05, 4.69) is 45.0 Å². The summed E-state index contributed by atoms with van der Waals surface area (Å²) in [6.45, 7) is 8.41.